The van der Waals surface area contributed by atoms with Crippen LogP contribution < -0.4 is 14.4 Å². The monoisotopic (exact) mass is 667 g/mol. The summed E-state index contributed by atoms with van der Waals surface area (Å²) in [6, 6.07) is 26.0. The zero-order valence-electron chi connectivity index (χ0n) is 25.2. The molecule has 8 nitrogen and oxygen atoms in total. The van der Waals surface area contributed by atoms with Crippen molar-refractivity contribution in [1.29, 1.82) is 0 Å². The fourth-order valence-corrected chi connectivity index (χ4v) is 6.43. The summed E-state index contributed by atoms with van der Waals surface area (Å²) in [6.07, 6.45) is 0.704. The number of aryl methyl sites for hydroxylation is 1. The Bertz CT molecular complexity index is 1700. The standard InChI is InChI=1S/C34H35Cl2N3O5S/c1-4-21-37-34(41)25(3)38(22-30-31(35)11-8-12-32(30)36)33(40)23-39(45(42,43)29-19-13-24(2)14-20-29)26-15-17-28(18-16-26)44-27-9-6-5-7-10-27/h5-20,25H,4,21-23H2,1-3H3,(H,37,41)/t25-/m0/s1. The van der Waals surface area contributed by atoms with Crippen molar-refractivity contribution in [3.05, 3.63) is 118 Å². The molecule has 4 aromatic carbocycles. The summed E-state index contributed by atoms with van der Waals surface area (Å²) in [4.78, 5) is 28.5. The quantitative estimate of drug-likeness (QED) is 0.162. The highest BCUT2D eigenvalue weighted by Crippen LogP contribution is 2.30. The molecule has 0 saturated heterocycles. The maximum absolute atomic E-state index is 14.1. The average Bonchev–Trinajstić information content (AvgIpc) is 3.03. The number of rotatable bonds is 13. The van der Waals surface area contributed by atoms with Gasteiger partial charge in [0.1, 0.15) is 24.1 Å². The molecule has 0 saturated carbocycles. The van der Waals surface area contributed by atoms with Gasteiger partial charge in [0.15, 0.2) is 0 Å². The number of hydrogen-bond acceptors (Lipinski definition) is 5. The van der Waals surface area contributed by atoms with E-state index in [0.29, 0.717) is 40.1 Å². The van der Waals surface area contributed by atoms with Crippen LogP contribution in [-0.2, 0) is 26.2 Å². The highest BCUT2D eigenvalue weighted by molar-refractivity contribution is 7.92. The van der Waals surface area contributed by atoms with Gasteiger partial charge in [-0.2, -0.15) is 0 Å². The third-order valence-corrected chi connectivity index (χ3v) is 9.59. The minimum Gasteiger partial charge on any atom is -0.457 e. The molecule has 0 aromatic heterocycles. The van der Waals surface area contributed by atoms with E-state index in [4.69, 9.17) is 27.9 Å². The average molecular weight is 669 g/mol. The summed E-state index contributed by atoms with van der Waals surface area (Å²) in [6.45, 7) is 5.07. The Hall–Kier alpha value is -4.05. The largest absolute Gasteiger partial charge is 0.457 e. The Kier molecular flexibility index (Phi) is 11.5. The van der Waals surface area contributed by atoms with Crippen LogP contribution in [0.25, 0.3) is 0 Å². The van der Waals surface area contributed by atoms with E-state index >= 15 is 0 Å². The van der Waals surface area contributed by atoms with Gasteiger partial charge in [0.25, 0.3) is 10.0 Å². The highest BCUT2D eigenvalue weighted by atomic mass is 35.5. The molecule has 11 heteroatoms. The lowest BCUT2D eigenvalue weighted by Gasteiger charge is -2.32. The van der Waals surface area contributed by atoms with Crippen molar-refractivity contribution in [2.24, 2.45) is 0 Å². The molecule has 236 valence electrons. The minimum absolute atomic E-state index is 0.0138. The third-order valence-electron chi connectivity index (χ3n) is 7.10. The number of halogens is 2. The zero-order valence-corrected chi connectivity index (χ0v) is 27.6. The molecule has 0 aliphatic rings. The second-order valence-corrected chi connectivity index (χ2v) is 13.1. The number of benzene rings is 4. The summed E-state index contributed by atoms with van der Waals surface area (Å²) >= 11 is 12.9. The third kappa shape index (κ3) is 8.57. The van der Waals surface area contributed by atoms with Crippen molar-refractivity contribution >= 4 is 50.7 Å². The van der Waals surface area contributed by atoms with Crippen LogP contribution in [0.15, 0.2) is 102 Å². The number of para-hydroxylation sites is 1. The van der Waals surface area contributed by atoms with Gasteiger partial charge >= 0.3 is 0 Å². The minimum atomic E-state index is -4.23. The molecular weight excluding hydrogens is 633 g/mol. The summed E-state index contributed by atoms with van der Waals surface area (Å²) in [5.41, 5.74) is 1.57. The van der Waals surface area contributed by atoms with Crippen LogP contribution in [-0.4, -0.2) is 44.3 Å². The number of anilines is 1. The number of nitrogens with one attached hydrogen (secondary N) is 1. The Morgan fingerprint density at radius 2 is 1.44 bits per heavy atom. The van der Waals surface area contributed by atoms with E-state index in [0.717, 1.165) is 9.87 Å². The molecule has 0 bridgehead atoms. The molecule has 4 aromatic rings. The van der Waals surface area contributed by atoms with Gasteiger partial charge in [-0.3, -0.25) is 13.9 Å². The van der Waals surface area contributed by atoms with E-state index in [1.807, 2.05) is 32.0 Å². The normalized spacial score (nSPS) is 11.8. The van der Waals surface area contributed by atoms with E-state index in [-0.39, 0.29) is 23.0 Å². The first-order valence-corrected chi connectivity index (χ1v) is 16.6. The molecule has 0 radical (unpaired) electrons. The zero-order chi connectivity index (χ0) is 32.6. The molecule has 45 heavy (non-hydrogen) atoms. The van der Waals surface area contributed by atoms with Gasteiger partial charge in [-0.15, -0.1) is 0 Å². The van der Waals surface area contributed by atoms with Gasteiger partial charge in [0.2, 0.25) is 11.8 Å². The number of sulfonamides is 1. The van der Waals surface area contributed by atoms with E-state index in [9.17, 15) is 18.0 Å². The molecule has 0 unspecified atom stereocenters. The van der Waals surface area contributed by atoms with Crippen LogP contribution in [0, 0.1) is 6.92 Å². The second kappa shape index (κ2) is 15.3. The van der Waals surface area contributed by atoms with Gasteiger partial charge in [0.05, 0.1) is 10.6 Å². The molecule has 0 aliphatic carbocycles. The number of carbonyl (C=O) groups is 2. The first kappa shape index (κ1) is 33.8. The second-order valence-electron chi connectivity index (χ2n) is 10.4. The van der Waals surface area contributed by atoms with Crippen LogP contribution in [0.1, 0.15) is 31.4 Å². The molecule has 2 amide bonds. The molecule has 1 atom stereocenters. The van der Waals surface area contributed by atoms with Gasteiger partial charge < -0.3 is 15.0 Å². The highest BCUT2D eigenvalue weighted by Gasteiger charge is 2.33. The summed E-state index contributed by atoms with van der Waals surface area (Å²) in [7, 11) is -4.23. The Morgan fingerprint density at radius 3 is 2.04 bits per heavy atom. The Labute approximate surface area is 274 Å². The van der Waals surface area contributed by atoms with Crippen LogP contribution in [0.2, 0.25) is 10.0 Å². The molecular formula is C34H35Cl2N3O5S. The van der Waals surface area contributed by atoms with Gasteiger partial charge in [-0.25, -0.2) is 8.42 Å². The number of carbonyl (C=O) groups excluding carboxylic acids is 2. The van der Waals surface area contributed by atoms with Crippen molar-refractivity contribution in [3.8, 4) is 11.5 Å². The van der Waals surface area contributed by atoms with Crippen LogP contribution in [0.5, 0.6) is 11.5 Å². The smallest absolute Gasteiger partial charge is 0.264 e. The Morgan fingerprint density at radius 1 is 0.844 bits per heavy atom. The van der Waals surface area contributed by atoms with E-state index in [1.54, 1.807) is 73.7 Å². The number of ether oxygens (including phenoxy) is 1. The number of nitrogens with zero attached hydrogens (tertiary/aromatic N) is 2. The van der Waals surface area contributed by atoms with E-state index in [1.165, 1.54) is 17.0 Å². The van der Waals surface area contributed by atoms with Crippen molar-refractivity contribution in [2.75, 3.05) is 17.4 Å². The van der Waals surface area contributed by atoms with E-state index < -0.39 is 28.5 Å². The summed E-state index contributed by atoms with van der Waals surface area (Å²) < 4.78 is 35.1. The van der Waals surface area contributed by atoms with Crippen LogP contribution >= 0.6 is 23.2 Å². The number of hydrogen-bond donors (Lipinski definition) is 1. The Balaban J connectivity index is 1.72. The van der Waals surface area contributed by atoms with Crippen LogP contribution in [0.4, 0.5) is 5.69 Å². The first-order chi connectivity index (χ1) is 21.5. The molecule has 0 heterocycles. The van der Waals surface area contributed by atoms with Gasteiger partial charge in [0, 0.05) is 28.7 Å². The van der Waals surface area contributed by atoms with Crippen LogP contribution in [0.3, 0.4) is 0 Å². The molecule has 4 rings (SSSR count). The predicted molar refractivity (Wildman–Crippen MR) is 178 cm³/mol. The lowest BCUT2D eigenvalue weighted by atomic mass is 10.1. The lowest BCUT2D eigenvalue weighted by molar-refractivity contribution is -0.139. The molecule has 1 N–H and O–H groups in total. The SMILES string of the molecule is CCCNC(=O)[C@H](C)N(Cc1c(Cl)cccc1Cl)C(=O)CN(c1ccc(Oc2ccccc2)cc1)S(=O)(=O)c1ccc(C)cc1. The fourth-order valence-electron chi connectivity index (χ4n) is 4.50. The van der Waals surface area contributed by atoms with Crippen molar-refractivity contribution in [2.45, 2.75) is 44.7 Å². The van der Waals surface area contributed by atoms with Crippen molar-refractivity contribution in [1.82, 2.24) is 10.2 Å². The summed E-state index contributed by atoms with van der Waals surface area (Å²) in [5.74, 6) is 0.100. The van der Waals surface area contributed by atoms with Gasteiger partial charge in [-0.05, 0) is 80.9 Å². The topological polar surface area (TPSA) is 96.0 Å². The lowest BCUT2D eigenvalue weighted by Crippen LogP contribution is -2.51. The van der Waals surface area contributed by atoms with Crippen molar-refractivity contribution in [3.63, 3.8) is 0 Å². The van der Waals surface area contributed by atoms with E-state index in [2.05, 4.69) is 5.32 Å². The maximum atomic E-state index is 14.1. The molecule has 0 aliphatic heterocycles. The summed E-state index contributed by atoms with van der Waals surface area (Å²) in [5, 5.41) is 3.45. The predicted octanol–water partition coefficient (Wildman–Crippen LogP) is 7.23. The molecule has 0 fully saturated rings. The number of amides is 2. The first-order valence-electron chi connectivity index (χ1n) is 14.4. The maximum Gasteiger partial charge on any atom is 0.264 e. The van der Waals surface area contributed by atoms with Crippen molar-refractivity contribution < 1.29 is 22.7 Å². The fraction of sp³-hybridized carbons (Fsp3) is 0.235. The van der Waals surface area contributed by atoms with Gasteiger partial charge in [-0.1, -0.05) is 72.1 Å². The molecule has 0 spiro atoms.